The summed E-state index contributed by atoms with van der Waals surface area (Å²) in [4.78, 5) is 0. The molecule has 0 saturated carbocycles. The smallest absolute Gasteiger partial charge is 0.119 e. The molecule has 0 saturated heterocycles. The number of hydrogen-bond acceptors (Lipinski definition) is 2. The molecule has 0 aliphatic carbocycles. The Morgan fingerprint density at radius 1 is 1.00 bits per heavy atom. The highest BCUT2D eigenvalue weighted by molar-refractivity contribution is 5.65. The first-order chi connectivity index (χ1) is 8.79. The monoisotopic (exact) mass is 241 g/mol. The van der Waals surface area contributed by atoms with Crippen LogP contribution in [0.3, 0.4) is 0 Å². The van der Waals surface area contributed by atoms with Crippen molar-refractivity contribution in [2.24, 2.45) is 5.73 Å². The second kappa shape index (κ2) is 6.22. The fraction of sp³-hybridized carbons (Fsp3) is 0.250. The molecule has 0 atom stereocenters. The highest BCUT2D eigenvalue weighted by Crippen LogP contribution is 2.24. The minimum absolute atomic E-state index is 0.664. The van der Waals surface area contributed by atoms with Gasteiger partial charge in [0, 0.05) is 0 Å². The zero-order valence-electron chi connectivity index (χ0n) is 10.7. The lowest BCUT2D eigenvalue weighted by atomic mass is 10.0. The summed E-state index contributed by atoms with van der Waals surface area (Å²) in [7, 11) is 0. The highest BCUT2D eigenvalue weighted by atomic mass is 16.5. The van der Waals surface area contributed by atoms with Crippen LogP contribution in [-0.2, 0) is 0 Å². The molecule has 0 aromatic heterocycles. The van der Waals surface area contributed by atoms with Gasteiger partial charge in [-0.1, -0.05) is 42.0 Å². The van der Waals surface area contributed by atoms with Gasteiger partial charge in [-0.15, -0.1) is 0 Å². The number of nitrogens with two attached hydrogens (primary N) is 1. The molecule has 94 valence electrons. The van der Waals surface area contributed by atoms with E-state index in [-0.39, 0.29) is 0 Å². The lowest BCUT2D eigenvalue weighted by molar-refractivity contribution is 0.313. The fourth-order valence-corrected chi connectivity index (χ4v) is 1.78. The van der Waals surface area contributed by atoms with Crippen LogP contribution in [0.4, 0.5) is 0 Å². The lowest BCUT2D eigenvalue weighted by Gasteiger charge is -2.08. The van der Waals surface area contributed by atoms with Gasteiger partial charge in [0.25, 0.3) is 0 Å². The van der Waals surface area contributed by atoms with Crippen LogP contribution < -0.4 is 10.5 Å². The Bertz CT molecular complexity index is 491. The minimum atomic E-state index is 0.664. The van der Waals surface area contributed by atoms with Crippen molar-refractivity contribution >= 4 is 0 Å². The Kier molecular flexibility index (Phi) is 4.37. The molecule has 0 unspecified atom stereocenters. The zero-order valence-corrected chi connectivity index (χ0v) is 10.7. The van der Waals surface area contributed by atoms with Gasteiger partial charge in [-0.2, -0.15) is 0 Å². The first-order valence-corrected chi connectivity index (χ1v) is 6.29. The van der Waals surface area contributed by atoms with Gasteiger partial charge in [0.05, 0.1) is 6.61 Å². The summed E-state index contributed by atoms with van der Waals surface area (Å²) in [5.41, 5.74) is 9.11. The topological polar surface area (TPSA) is 35.2 Å². The minimum Gasteiger partial charge on any atom is -0.494 e. The van der Waals surface area contributed by atoms with Gasteiger partial charge in [-0.05, 0) is 43.1 Å². The summed E-state index contributed by atoms with van der Waals surface area (Å²) in [6.45, 7) is 3.43. The lowest BCUT2D eigenvalue weighted by Crippen LogP contribution is -2.05. The van der Waals surface area contributed by atoms with Crippen LogP contribution in [0.1, 0.15) is 12.0 Å². The van der Waals surface area contributed by atoms with Crippen LogP contribution in [0.5, 0.6) is 5.75 Å². The second-order valence-corrected chi connectivity index (χ2v) is 4.38. The standard InChI is InChI=1S/C16H19NO/c1-13-6-8-14(9-7-13)15-4-2-5-16(12-15)18-11-3-10-17/h2,4-9,12H,3,10-11,17H2,1H3. The van der Waals surface area contributed by atoms with Gasteiger partial charge >= 0.3 is 0 Å². The average molecular weight is 241 g/mol. The molecule has 0 bridgehead atoms. The number of hydrogen-bond donors (Lipinski definition) is 1. The molecule has 2 N–H and O–H groups in total. The molecule has 0 heterocycles. The highest BCUT2D eigenvalue weighted by Gasteiger charge is 1.99. The Hall–Kier alpha value is -1.80. The van der Waals surface area contributed by atoms with Crippen molar-refractivity contribution in [1.82, 2.24) is 0 Å². The third-order valence-electron chi connectivity index (χ3n) is 2.84. The van der Waals surface area contributed by atoms with E-state index >= 15 is 0 Å². The molecule has 0 aliphatic heterocycles. The van der Waals surface area contributed by atoms with E-state index in [0.29, 0.717) is 13.2 Å². The third kappa shape index (κ3) is 3.34. The van der Waals surface area contributed by atoms with E-state index in [1.807, 2.05) is 12.1 Å². The zero-order chi connectivity index (χ0) is 12.8. The maximum absolute atomic E-state index is 5.65. The fourth-order valence-electron chi connectivity index (χ4n) is 1.78. The summed E-state index contributed by atoms with van der Waals surface area (Å²) in [6.07, 6.45) is 0.884. The van der Waals surface area contributed by atoms with Crippen molar-refractivity contribution in [2.45, 2.75) is 13.3 Å². The van der Waals surface area contributed by atoms with Gasteiger partial charge < -0.3 is 10.5 Å². The van der Waals surface area contributed by atoms with Crippen LogP contribution in [0.2, 0.25) is 0 Å². The maximum Gasteiger partial charge on any atom is 0.119 e. The van der Waals surface area contributed by atoms with Crippen LogP contribution in [0.15, 0.2) is 48.5 Å². The number of rotatable bonds is 5. The molecule has 0 amide bonds. The van der Waals surface area contributed by atoms with E-state index in [1.165, 1.54) is 16.7 Å². The molecule has 2 nitrogen and oxygen atoms in total. The molecule has 0 spiro atoms. The van der Waals surface area contributed by atoms with Crippen molar-refractivity contribution < 1.29 is 4.74 Å². The van der Waals surface area contributed by atoms with Crippen LogP contribution in [0, 0.1) is 6.92 Å². The van der Waals surface area contributed by atoms with Crippen LogP contribution in [-0.4, -0.2) is 13.2 Å². The summed E-state index contributed by atoms with van der Waals surface area (Å²) >= 11 is 0. The SMILES string of the molecule is Cc1ccc(-c2cccc(OCCCN)c2)cc1. The molecule has 18 heavy (non-hydrogen) atoms. The van der Waals surface area contributed by atoms with E-state index in [4.69, 9.17) is 10.5 Å². The normalized spacial score (nSPS) is 10.3. The van der Waals surface area contributed by atoms with E-state index in [2.05, 4.69) is 43.3 Å². The Balaban J connectivity index is 2.13. The molecular weight excluding hydrogens is 222 g/mol. The molecule has 0 radical (unpaired) electrons. The first-order valence-electron chi connectivity index (χ1n) is 6.29. The summed E-state index contributed by atoms with van der Waals surface area (Å²) in [5.74, 6) is 0.904. The van der Waals surface area contributed by atoms with Crippen molar-refractivity contribution in [2.75, 3.05) is 13.2 Å². The third-order valence-corrected chi connectivity index (χ3v) is 2.84. The van der Waals surface area contributed by atoms with E-state index < -0.39 is 0 Å². The largest absolute Gasteiger partial charge is 0.494 e. The molecule has 2 heteroatoms. The van der Waals surface area contributed by atoms with Gasteiger partial charge in [-0.3, -0.25) is 0 Å². The molecule has 0 fully saturated rings. The quantitative estimate of drug-likeness (QED) is 0.814. The van der Waals surface area contributed by atoms with Gasteiger partial charge in [-0.25, -0.2) is 0 Å². The van der Waals surface area contributed by atoms with E-state index in [1.54, 1.807) is 0 Å². The number of ether oxygens (including phenoxy) is 1. The molecule has 2 aromatic rings. The molecule has 2 aromatic carbocycles. The summed E-state index contributed by atoms with van der Waals surface area (Å²) < 4.78 is 5.65. The van der Waals surface area contributed by atoms with Gasteiger partial charge in [0.1, 0.15) is 5.75 Å². The number of benzene rings is 2. The van der Waals surface area contributed by atoms with E-state index in [9.17, 15) is 0 Å². The van der Waals surface area contributed by atoms with E-state index in [0.717, 1.165) is 12.2 Å². The predicted molar refractivity (Wildman–Crippen MR) is 75.8 cm³/mol. The Morgan fingerprint density at radius 2 is 1.78 bits per heavy atom. The Morgan fingerprint density at radius 3 is 2.50 bits per heavy atom. The van der Waals surface area contributed by atoms with Gasteiger partial charge in [0.15, 0.2) is 0 Å². The number of aryl methyl sites for hydroxylation is 1. The summed E-state index contributed by atoms with van der Waals surface area (Å²) in [5, 5.41) is 0. The van der Waals surface area contributed by atoms with Crippen molar-refractivity contribution in [3.05, 3.63) is 54.1 Å². The maximum atomic E-state index is 5.65. The van der Waals surface area contributed by atoms with Crippen molar-refractivity contribution in [1.29, 1.82) is 0 Å². The van der Waals surface area contributed by atoms with Crippen molar-refractivity contribution in [3.8, 4) is 16.9 Å². The predicted octanol–water partition coefficient (Wildman–Crippen LogP) is 3.39. The van der Waals surface area contributed by atoms with Crippen molar-refractivity contribution in [3.63, 3.8) is 0 Å². The first kappa shape index (κ1) is 12.7. The Labute approximate surface area is 108 Å². The van der Waals surface area contributed by atoms with Gasteiger partial charge in [0.2, 0.25) is 0 Å². The molecular formula is C16H19NO. The second-order valence-electron chi connectivity index (χ2n) is 4.38. The molecule has 0 aliphatic rings. The van der Waals surface area contributed by atoms with Crippen LogP contribution >= 0.6 is 0 Å². The summed E-state index contributed by atoms with van der Waals surface area (Å²) in [6, 6.07) is 16.7. The van der Waals surface area contributed by atoms with Crippen LogP contribution in [0.25, 0.3) is 11.1 Å². The average Bonchev–Trinajstić information content (AvgIpc) is 2.40. The molecule has 2 rings (SSSR count).